The number of aryl methyl sites for hydroxylation is 3. The zero-order valence-electron chi connectivity index (χ0n) is 47.6. The van der Waals surface area contributed by atoms with Crippen LogP contribution in [0.15, 0.2) is 88.0 Å². The summed E-state index contributed by atoms with van der Waals surface area (Å²) >= 11 is 6.48. The number of allylic oxidation sites excluding steroid dienone is 1. The number of ether oxygens (including phenoxy) is 1. The van der Waals surface area contributed by atoms with E-state index in [1.807, 2.05) is 32.2 Å². The van der Waals surface area contributed by atoms with E-state index in [4.69, 9.17) is 31.5 Å². The molecule has 3 saturated heterocycles. The molecule has 4 aliphatic heterocycles. The molecule has 2 aromatic heterocycles. The number of rotatable bonds is 10. The van der Waals surface area contributed by atoms with Crippen LogP contribution in [0.5, 0.6) is 0 Å². The molecule has 14 nitrogen and oxygen atoms in total. The number of amides is 2. The van der Waals surface area contributed by atoms with Gasteiger partial charge in [-0.05, 0) is 137 Å². The van der Waals surface area contributed by atoms with Gasteiger partial charge in [0, 0.05) is 45.0 Å². The Kier molecular flexibility index (Phi) is 18.5. The maximum Gasteiger partial charge on any atom is 0.282 e. The van der Waals surface area contributed by atoms with E-state index >= 15 is 0 Å². The van der Waals surface area contributed by atoms with E-state index in [0.717, 1.165) is 99.0 Å². The second kappa shape index (κ2) is 25.3. The highest BCUT2D eigenvalue weighted by Crippen LogP contribution is 2.52. The number of piperidine rings is 1. The molecule has 3 unspecified atom stereocenters. The maximum atomic E-state index is 14.0. The van der Waals surface area contributed by atoms with Gasteiger partial charge in [-0.1, -0.05) is 119 Å². The van der Waals surface area contributed by atoms with Crippen LogP contribution in [-0.2, 0) is 19.7 Å². The number of likely N-dealkylation sites (tertiary alicyclic amines) is 2. The summed E-state index contributed by atoms with van der Waals surface area (Å²) in [6, 6.07) is 20.1. The van der Waals surface area contributed by atoms with Crippen molar-refractivity contribution in [3.05, 3.63) is 134 Å². The third kappa shape index (κ3) is 13.0. The van der Waals surface area contributed by atoms with Gasteiger partial charge < -0.3 is 35.3 Å². The average molecular weight is 1080 g/mol. The number of hydrogen-bond donors (Lipinski definition) is 3. The van der Waals surface area contributed by atoms with Crippen molar-refractivity contribution in [3.63, 3.8) is 0 Å². The van der Waals surface area contributed by atoms with Gasteiger partial charge in [0.15, 0.2) is 5.89 Å². The van der Waals surface area contributed by atoms with Gasteiger partial charge >= 0.3 is 0 Å². The zero-order chi connectivity index (χ0) is 55.1. The SMILES string of the molecule is CN1CCC(c2ccc3c(c2)-n2c(nc(=O)c4c(Cl)cccc42)C32CCCCC2)CC1.Cc1ccc(C(CN2CCOCC2)NC(=O)C2CCCN2C(=O)C(N/C=C(\N)C2CCCCC2)C(C)(C)C)cc1.Cc1coc(C)n1. The van der Waals surface area contributed by atoms with Gasteiger partial charge in [0.25, 0.3) is 5.56 Å². The number of nitrogens with two attached hydrogens (primary N) is 1. The minimum Gasteiger partial charge on any atom is -0.449 e. The molecule has 11 rings (SSSR count). The van der Waals surface area contributed by atoms with Gasteiger partial charge in [-0.15, -0.1) is 0 Å². The van der Waals surface area contributed by atoms with Crippen molar-refractivity contribution in [2.75, 3.05) is 59.5 Å². The number of halogens is 1. The van der Waals surface area contributed by atoms with Gasteiger partial charge in [0.05, 0.1) is 52.0 Å². The molecule has 3 atom stereocenters. The Balaban J connectivity index is 0.000000172. The Morgan fingerprint density at radius 3 is 2.22 bits per heavy atom. The fourth-order valence-electron chi connectivity index (χ4n) is 13.0. The van der Waals surface area contributed by atoms with Crippen LogP contribution in [0.3, 0.4) is 0 Å². The molecule has 0 radical (unpaired) electrons. The fraction of sp³-hybridized carbons (Fsp3) is 0.571. The number of carbonyl (C=O) groups is 2. The van der Waals surface area contributed by atoms with Crippen molar-refractivity contribution < 1.29 is 18.7 Å². The van der Waals surface area contributed by atoms with E-state index in [1.165, 1.54) is 73.7 Å². The van der Waals surface area contributed by atoms with E-state index in [1.54, 1.807) is 17.2 Å². The third-order valence-electron chi connectivity index (χ3n) is 17.5. The lowest BCUT2D eigenvalue weighted by Gasteiger charge is -2.36. The van der Waals surface area contributed by atoms with Crippen molar-refractivity contribution in [2.45, 2.75) is 161 Å². The number of benzene rings is 3. The molecule has 420 valence electrons. The molecule has 3 aromatic carbocycles. The lowest BCUT2D eigenvalue weighted by Crippen LogP contribution is -2.56. The summed E-state index contributed by atoms with van der Waals surface area (Å²) in [4.78, 5) is 56.1. The Bertz CT molecular complexity index is 2920. The standard InChI is InChI=1S/C32H51N5O3.C26H28ClN3O.C5H7NO/c1-23-12-14-25(15-13-23)27(22-36-17-19-40-20-18-36)35-30(38)28-11-8-16-37(28)31(39)29(32(2,3)4)34-21-26(33)24-9-6-5-7-10-24;1-29-14-10-17(11-15-29)18-8-9-19-22(16-18)30-21-7-5-6-20(27)23(21)24(31)28-25(30)26(19)12-3-2-4-13-26;1-4-3-7-5(2)6-4/h12-15,21,24,27-29,34H,5-11,16-20,22,33H2,1-4H3,(H,35,38);5-9,16-17H,2-4,10-15H2,1H3;3H,1-2H3/b26-21-;;. The third-order valence-corrected chi connectivity index (χ3v) is 17.8. The lowest BCUT2D eigenvalue weighted by atomic mass is 9.69. The molecule has 2 saturated carbocycles. The monoisotopic (exact) mass is 1080 g/mol. The molecule has 5 fully saturated rings. The molecular formula is C63H86ClN9O5. The van der Waals surface area contributed by atoms with Gasteiger partial charge in [0.2, 0.25) is 11.8 Å². The number of fused-ring (bicyclic) bond motifs is 7. The van der Waals surface area contributed by atoms with Gasteiger partial charge in [-0.2, -0.15) is 4.98 Å². The Hall–Kier alpha value is -5.54. The van der Waals surface area contributed by atoms with E-state index in [0.29, 0.717) is 48.4 Å². The van der Waals surface area contributed by atoms with Crippen molar-refractivity contribution in [2.24, 2.45) is 17.1 Å². The smallest absolute Gasteiger partial charge is 0.282 e. The van der Waals surface area contributed by atoms with E-state index in [2.05, 4.69) is 107 Å². The van der Waals surface area contributed by atoms with Crippen LogP contribution in [0.25, 0.3) is 16.6 Å². The molecule has 6 aliphatic rings. The molecule has 78 heavy (non-hydrogen) atoms. The number of carbonyl (C=O) groups excluding carboxylic acids is 2. The summed E-state index contributed by atoms with van der Waals surface area (Å²) in [7, 11) is 2.21. The highest BCUT2D eigenvalue weighted by Gasteiger charge is 2.47. The Morgan fingerprint density at radius 1 is 0.859 bits per heavy atom. The lowest BCUT2D eigenvalue weighted by molar-refractivity contribution is -0.142. The van der Waals surface area contributed by atoms with E-state index < -0.39 is 12.1 Å². The summed E-state index contributed by atoms with van der Waals surface area (Å²) in [6.45, 7) is 18.7. The number of morpholine rings is 1. The second-order valence-electron chi connectivity index (χ2n) is 24.2. The van der Waals surface area contributed by atoms with Gasteiger partial charge in [-0.3, -0.25) is 23.9 Å². The highest BCUT2D eigenvalue weighted by molar-refractivity contribution is 6.35. The van der Waals surface area contributed by atoms with E-state index in [-0.39, 0.29) is 34.2 Å². The molecule has 2 aliphatic carbocycles. The van der Waals surface area contributed by atoms with Crippen LogP contribution in [0, 0.1) is 32.1 Å². The number of aromatic nitrogens is 3. The molecule has 0 bridgehead atoms. The quantitative estimate of drug-likeness (QED) is 0.122. The molecule has 5 aromatic rings. The zero-order valence-corrected chi connectivity index (χ0v) is 48.3. The van der Waals surface area contributed by atoms with Crippen LogP contribution in [0.4, 0.5) is 0 Å². The highest BCUT2D eigenvalue weighted by atomic mass is 35.5. The molecule has 6 heterocycles. The molecule has 4 N–H and O–H groups in total. The van der Waals surface area contributed by atoms with Crippen LogP contribution in [-0.4, -0.2) is 113 Å². The summed E-state index contributed by atoms with van der Waals surface area (Å²) in [6.07, 6.45) is 19.0. The predicted octanol–water partition coefficient (Wildman–Crippen LogP) is 10.6. The first-order valence-corrected chi connectivity index (χ1v) is 29.5. The number of nitrogens with zero attached hydrogens (tertiary/aromatic N) is 6. The average Bonchev–Trinajstić information content (AvgIpc) is 4.37. The molecular weight excluding hydrogens is 998 g/mol. The molecule has 15 heteroatoms. The van der Waals surface area contributed by atoms with Gasteiger partial charge in [-0.25, -0.2) is 4.98 Å². The van der Waals surface area contributed by atoms with Crippen LogP contribution < -0.4 is 21.9 Å². The summed E-state index contributed by atoms with van der Waals surface area (Å²) in [5, 5.41) is 7.75. The van der Waals surface area contributed by atoms with Crippen LogP contribution in [0.2, 0.25) is 5.02 Å². The first kappa shape index (κ1) is 57.2. The predicted molar refractivity (Wildman–Crippen MR) is 311 cm³/mol. The topological polar surface area (TPSA) is 164 Å². The summed E-state index contributed by atoms with van der Waals surface area (Å²) in [5.41, 5.74) is 14.7. The van der Waals surface area contributed by atoms with Crippen molar-refractivity contribution in [1.82, 2.24) is 39.9 Å². The number of nitrogens with one attached hydrogen (secondary N) is 2. The minimum atomic E-state index is -0.476. The Labute approximate surface area is 467 Å². The van der Waals surface area contributed by atoms with Crippen LogP contribution in [0.1, 0.15) is 162 Å². The van der Waals surface area contributed by atoms with Crippen molar-refractivity contribution in [1.29, 1.82) is 0 Å². The summed E-state index contributed by atoms with van der Waals surface area (Å²) < 4.78 is 12.7. The van der Waals surface area contributed by atoms with Crippen molar-refractivity contribution in [3.8, 4) is 5.69 Å². The van der Waals surface area contributed by atoms with Gasteiger partial charge in [0.1, 0.15) is 24.2 Å². The largest absolute Gasteiger partial charge is 0.449 e. The Morgan fingerprint density at radius 2 is 1.56 bits per heavy atom. The maximum absolute atomic E-state index is 14.0. The second-order valence-corrected chi connectivity index (χ2v) is 24.6. The number of oxazole rings is 1. The summed E-state index contributed by atoms with van der Waals surface area (Å²) in [5.74, 6) is 2.54. The van der Waals surface area contributed by atoms with Crippen molar-refractivity contribution >= 4 is 34.3 Å². The normalized spacial score (nSPS) is 20.9. The van der Waals surface area contributed by atoms with Crippen LogP contribution >= 0.6 is 11.6 Å². The number of hydrogen-bond acceptors (Lipinski definition) is 11. The molecule has 2 amide bonds. The van der Waals surface area contributed by atoms with E-state index in [9.17, 15) is 14.4 Å². The first-order chi connectivity index (χ1) is 37.5. The minimum absolute atomic E-state index is 0.0297. The molecule has 1 spiro atoms. The first-order valence-electron chi connectivity index (χ1n) is 29.1. The fourth-order valence-corrected chi connectivity index (χ4v) is 13.3.